The predicted molar refractivity (Wildman–Crippen MR) is 79.1 cm³/mol. The Kier molecular flexibility index (Phi) is 4.01. The maximum absolute atomic E-state index is 5.71. The Hall–Kier alpha value is -1.82. The van der Waals surface area contributed by atoms with Gasteiger partial charge in [-0.15, -0.1) is 0 Å². The van der Waals surface area contributed by atoms with E-state index < -0.39 is 0 Å². The molecule has 1 aliphatic rings. The summed E-state index contributed by atoms with van der Waals surface area (Å²) < 4.78 is 12.3. The van der Waals surface area contributed by atoms with Crippen LogP contribution in [0.4, 0.5) is 5.69 Å². The molecule has 6 heteroatoms. The van der Waals surface area contributed by atoms with Gasteiger partial charge in [-0.2, -0.15) is 0 Å². The minimum Gasteiger partial charge on any atom is -0.490 e. The van der Waals surface area contributed by atoms with Crippen LogP contribution in [0.15, 0.2) is 35.3 Å². The second kappa shape index (κ2) is 6.09. The Labute approximate surface area is 125 Å². The van der Waals surface area contributed by atoms with E-state index in [1.54, 1.807) is 12.4 Å². The minimum atomic E-state index is 0.669. The van der Waals surface area contributed by atoms with Crippen LogP contribution < -0.4 is 14.8 Å². The maximum Gasteiger partial charge on any atom is 0.175 e. The average molecular weight is 336 g/mol. The summed E-state index contributed by atoms with van der Waals surface area (Å²) in [5.41, 5.74) is 1.99. The molecule has 0 bridgehead atoms. The first-order chi connectivity index (χ1) is 9.83. The van der Waals surface area contributed by atoms with Crippen molar-refractivity contribution in [3.05, 3.63) is 40.9 Å². The standard InChI is InChI=1S/C14H14BrN3O2/c15-12-4-10(6-18-11-7-16-9-17-8-11)5-13-14(12)20-3-1-2-19-13/h4-5,7-9,18H,1-3,6H2. The van der Waals surface area contributed by atoms with Crippen molar-refractivity contribution in [3.8, 4) is 11.5 Å². The number of fused-ring (bicyclic) bond motifs is 1. The van der Waals surface area contributed by atoms with Crippen molar-refractivity contribution >= 4 is 21.6 Å². The first kappa shape index (κ1) is 13.2. The lowest BCUT2D eigenvalue weighted by Crippen LogP contribution is -2.01. The van der Waals surface area contributed by atoms with E-state index >= 15 is 0 Å². The van der Waals surface area contributed by atoms with Gasteiger partial charge in [0.15, 0.2) is 11.5 Å². The van der Waals surface area contributed by atoms with E-state index in [0.29, 0.717) is 19.8 Å². The fourth-order valence-corrected chi connectivity index (χ4v) is 2.58. The summed E-state index contributed by atoms with van der Waals surface area (Å²) in [6.07, 6.45) is 5.89. The lowest BCUT2D eigenvalue weighted by molar-refractivity contribution is 0.296. The molecule has 0 saturated carbocycles. The van der Waals surface area contributed by atoms with Crippen LogP contribution in [0.1, 0.15) is 12.0 Å². The van der Waals surface area contributed by atoms with Gasteiger partial charge in [-0.05, 0) is 33.6 Å². The third kappa shape index (κ3) is 3.01. The van der Waals surface area contributed by atoms with E-state index in [1.165, 1.54) is 6.33 Å². The normalized spacial score (nSPS) is 13.7. The Bertz CT molecular complexity index is 592. The number of hydrogen-bond acceptors (Lipinski definition) is 5. The van der Waals surface area contributed by atoms with Gasteiger partial charge in [0.1, 0.15) is 6.33 Å². The lowest BCUT2D eigenvalue weighted by Gasteiger charge is -2.12. The summed E-state index contributed by atoms with van der Waals surface area (Å²) in [6, 6.07) is 4.03. The molecule has 0 fully saturated rings. The zero-order chi connectivity index (χ0) is 13.8. The van der Waals surface area contributed by atoms with Crippen molar-refractivity contribution in [2.75, 3.05) is 18.5 Å². The highest BCUT2D eigenvalue weighted by Gasteiger charge is 2.15. The number of nitrogens with zero attached hydrogens (tertiary/aromatic N) is 2. The quantitative estimate of drug-likeness (QED) is 0.934. The van der Waals surface area contributed by atoms with E-state index in [1.807, 2.05) is 12.1 Å². The Morgan fingerprint density at radius 2 is 1.95 bits per heavy atom. The summed E-state index contributed by atoms with van der Waals surface area (Å²) in [6.45, 7) is 2.04. The molecule has 0 radical (unpaired) electrons. The molecule has 104 valence electrons. The second-order valence-electron chi connectivity index (χ2n) is 4.44. The second-order valence-corrected chi connectivity index (χ2v) is 5.29. The molecule has 2 heterocycles. The van der Waals surface area contributed by atoms with Gasteiger partial charge in [-0.3, -0.25) is 0 Å². The number of halogens is 1. The van der Waals surface area contributed by atoms with Gasteiger partial charge >= 0.3 is 0 Å². The topological polar surface area (TPSA) is 56.3 Å². The van der Waals surface area contributed by atoms with Crippen molar-refractivity contribution in [2.45, 2.75) is 13.0 Å². The van der Waals surface area contributed by atoms with Gasteiger partial charge < -0.3 is 14.8 Å². The molecular formula is C14H14BrN3O2. The summed E-state index contributed by atoms with van der Waals surface area (Å²) in [4.78, 5) is 7.94. The highest BCUT2D eigenvalue weighted by atomic mass is 79.9. The lowest BCUT2D eigenvalue weighted by atomic mass is 10.2. The van der Waals surface area contributed by atoms with E-state index in [9.17, 15) is 0 Å². The SMILES string of the molecule is Brc1cc(CNc2cncnc2)cc2c1OCCCO2. The molecule has 0 unspecified atom stereocenters. The van der Waals surface area contributed by atoms with Gasteiger partial charge in [0.05, 0.1) is 35.8 Å². The number of benzene rings is 1. The largest absolute Gasteiger partial charge is 0.490 e. The van der Waals surface area contributed by atoms with Crippen LogP contribution in [0.3, 0.4) is 0 Å². The molecule has 0 amide bonds. The Morgan fingerprint density at radius 1 is 1.15 bits per heavy atom. The molecule has 1 aliphatic heterocycles. The van der Waals surface area contributed by atoms with Crippen molar-refractivity contribution in [2.24, 2.45) is 0 Å². The van der Waals surface area contributed by atoms with E-state index in [-0.39, 0.29) is 0 Å². The molecular weight excluding hydrogens is 322 g/mol. The molecule has 3 rings (SSSR count). The van der Waals surface area contributed by atoms with Crippen molar-refractivity contribution in [3.63, 3.8) is 0 Å². The average Bonchev–Trinajstić information content (AvgIpc) is 2.72. The fraction of sp³-hybridized carbons (Fsp3) is 0.286. The summed E-state index contributed by atoms with van der Waals surface area (Å²) >= 11 is 3.54. The molecule has 1 aromatic heterocycles. The van der Waals surface area contributed by atoms with Crippen molar-refractivity contribution in [1.82, 2.24) is 9.97 Å². The molecule has 0 spiro atoms. The highest BCUT2D eigenvalue weighted by Crippen LogP contribution is 2.38. The van der Waals surface area contributed by atoms with Gasteiger partial charge in [-0.25, -0.2) is 9.97 Å². The van der Waals surface area contributed by atoms with Gasteiger partial charge in [0.25, 0.3) is 0 Å². The van der Waals surface area contributed by atoms with E-state index in [2.05, 4.69) is 31.2 Å². The first-order valence-electron chi connectivity index (χ1n) is 6.40. The monoisotopic (exact) mass is 335 g/mol. The van der Waals surface area contributed by atoms with E-state index in [0.717, 1.165) is 33.6 Å². The zero-order valence-electron chi connectivity index (χ0n) is 10.8. The number of hydrogen-bond donors (Lipinski definition) is 1. The first-order valence-corrected chi connectivity index (χ1v) is 7.19. The summed E-state index contributed by atoms with van der Waals surface area (Å²) in [7, 11) is 0. The molecule has 0 atom stereocenters. The van der Waals surface area contributed by atoms with Crippen LogP contribution in [-0.2, 0) is 6.54 Å². The predicted octanol–water partition coefficient (Wildman–Crippen LogP) is 3.01. The third-order valence-corrected chi connectivity index (χ3v) is 3.51. The number of anilines is 1. The number of nitrogens with one attached hydrogen (secondary N) is 1. The maximum atomic E-state index is 5.71. The van der Waals surface area contributed by atoms with Crippen LogP contribution in [-0.4, -0.2) is 23.2 Å². The van der Waals surface area contributed by atoms with Crippen molar-refractivity contribution in [1.29, 1.82) is 0 Å². The highest BCUT2D eigenvalue weighted by molar-refractivity contribution is 9.10. The van der Waals surface area contributed by atoms with Crippen LogP contribution in [0.25, 0.3) is 0 Å². The molecule has 0 aliphatic carbocycles. The molecule has 0 saturated heterocycles. The van der Waals surface area contributed by atoms with Gasteiger partial charge in [-0.1, -0.05) is 0 Å². The fourth-order valence-electron chi connectivity index (χ4n) is 1.98. The molecule has 1 aromatic carbocycles. The molecule has 5 nitrogen and oxygen atoms in total. The minimum absolute atomic E-state index is 0.669. The molecule has 20 heavy (non-hydrogen) atoms. The Balaban J connectivity index is 1.77. The molecule has 2 aromatic rings. The van der Waals surface area contributed by atoms with Gasteiger partial charge in [0, 0.05) is 13.0 Å². The number of aromatic nitrogens is 2. The Morgan fingerprint density at radius 3 is 2.80 bits per heavy atom. The number of ether oxygens (including phenoxy) is 2. The van der Waals surface area contributed by atoms with Crippen LogP contribution in [0.5, 0.6) is 11.5 Å². The van der Waals surface area contributed by atoms with Crippen LogP contribution >= 0.6 is 15.9 Å². The molecule has 1 N–H and O–H groups in total. The van der Waals surface area contributed by atoms with Crippen molar-refractivity contribution < 1.29 is 9.47 Å². The smallest absolute Gasteiger partial charge is 0.175 e. The third-order valence-electron chi connectivity index (χ3n) is 2.92. The van der Waals surface area contributed by atoms with E-state index in [4.69, 9.17) is 9.47 Å². The van der Waals surface area contributed by atoms with Crippen LogP contribution in [0.2, 0.25) is 0 Å². The van der Waals surface area contributed by atoms with Crippen LogP contribution in [0, 0.1) is 0 Å². The van der Waals surface area contributed by atoms with Gasteiger partial charge in [0.2, 0.25) is 0 Å². The zero-order valence-corrected chi connectivity index (χ0v) is 12.4. The summed E-state index contributed by atoms with van der Waals surface area (Å²) in [5, 5.41) is 3.27. The summed E-state index contributed by atoms with van der Waals surface area (Å²) in [5.74, 6) is 1.58. The number of rotatable bonds is 3.